The fourth-order valence-corrected chi connectivity index (χ4v) is 3.01. The molecule has 0 aromatic rings. The Balaban J connectivity index is 2.73. The van der Waals surface area contributed by atoms with Gasteiger partial charge in [0, 0.05) is 12.1 Å². The molecule has 1 fully saturated rings. The van der Waals surface area contributed by atoms with Crippen LogP contribution in [0.3, 0.4) is 0 Å². The van der Waals surface area contributed by atoms with Crippen LogP contribution >= 0.6 is 0 Å². The van der Waals surface area contributed by atoms with Crippen LogP contribution in [0.15, 0.2) is 0 Å². The summed E-state index contributed by atoms with van der Waals surface area (Å²) < 4.78 is 4.85. The molecule has 1 atom stereocenters. The third-order valence-electron chi connectivity index (χ3n) is 3.83. The zero-order valence-corrected chi connectivity index (χ0v) is 13.4. The molecule has 20 heavy (non-hydrogen) atoms. The molecule has 1 amide bonds. The van der Waals surface area contributed by atoms with Gasteiger partial charge in [0.25, 0.3) is 0 Å². The first-order chi connectivity index (χ1) is 9.38. The van der Waals surface area contributed by atoms with Crippen molar-refractivity contribution in [2.24, 2.45) is 0 Å². The summed E-state index contributed by atoms with van der Waals surface area (Å²) in [6.45, 7) is 9.17. The predicted molar refractivity (Wildman–Crippen MR) is 78.3 cm³/mol. The number of carbonyl (C=O) groups excluding carboxylic acids is 2. The van der Waals surface area contributed by atoms with Crippen molar-refractivity contribution < 1.29 is 14.3 Å². The summed E-state index contributed by atoms with van der Waals surface area (Å²) in [5.41, 5.74) is 0. The van der Waals surface area contributed by atoms with E-state index < -0.39 is 0 Å². The van der Waals surface area contributed by atoms with E-state index in [1.54, 1.807) is 0 Å². The topological polar surface area (TPSA) is 49.9 Å². The number of nitrogens with zero attached hydrogens (tertiary/aromatic N) is 2. The van der Waals surface area contributed by atoms with Gasteiger partial charge in [0.2, 0.25) is 5.91 Å². The molecule has 1 rings (SSSR count). The first-order valence-corrected chi connectivity index (χ1v) is 7.51. The molecule has 0 saturated carbocycles. The van der Waals surface area contributed by atoms with Gasteiger partial charge in [0.15, 0.2) is 0 Å². The monoisotopic (exact) mass is 284 g/mol. The van der Waals surface area contributed by atoms with Gasteiger partial charge in [-0.1, -0.05) is 6.42 Å². The molecule has 0 spiro atoms. The number of methoxy groups -OCH3 is 1. The molecule has 5 nitrogen and oxygen atoms in total. The Morgan fingerprint density at radius 1 is 1.20 bits per heavy atom. The average molecular weight is 284 g/mol. The van der Waals surface area contributed by atoms with Crippen LogP contribution < -0.4 is 0 Å². The van der Waals surface area contributed by atoms with Gasteiger partial charge in [-0.2, -0.15) is 0 Å². The molecule has 1 aliphatic rings. The molecule has 0 N–H and O–H groups in total. The van der Waals surface area contributed by atoms with Crippen molar-refractivity contribution in [3.05, 3.63) is 0 Å². The van der Waals surface area contributed by atoms with E-state index in [-0.39, 0.29) is 30.0 Å². The van der Waals surface area contributed by atoms with E-state index in [0.29, 0.717) is 6.54 Å². The smallest absolute Gasteiger partial charge is 0.323 e. The van der Waals surface area contributed by atoms with Gasteiger partial charge in [0.1, 0.15) is 6.04 Å². The largest absolute Gasteiger partial charge is 0.468 e. The molecular formula is C15H28N2O3. The van der Waals surface area contributed by atoms with Gasteiger partial charge in [-0.25, -0.2) is 0 Å². The van der Waals surface area contributed by atoms with Crippen LogP contribution in [0.5, 0.6) is 0 Å². The van der Waals surface area contributed by atoms with Crippen LogP contribution in [0.4, 0.5) is 0 Å². The van der Waals surface area contributed by atoms with Crippen molar-refractivity contribution in [2.75, 3.05) is 20.2 Å². The number of rotatable bonds is 5. The quantitative estimate of drug-likeness (QED) is 0.720. The van der Waals surface area contributed by atoms with Gasteiger partial charge in [-0.05, 0) is 47.1 Å². The van der Waals surface area contributed by atoms with Crippen molar-refractivity contribution in [1.29, 1.82) is 0 Å². The highest BCUT2D eigenvalue weighted by molar-refractivity contribution is 5.81. The lowest BCUT2D eigenvalue weighted by atomic mass is 10.0. The molecule has 1 unspecified atom stereocenters. The number of carbonyl (C=O) groups is 2. The highest BCUT2D eigenvalue weighted by Crippen LogP contribution is 2.19. The van der Waals surface area contributed by atoms with Crippen LogP contribution in [0.1, 0.15) is 47.0 Å². The minimum Gasteiger partial charge on any atom is -0.468 e. The maximum absolute atomic E-state index is 12.5. The molecule has 1 aliphatic heterocycles. The highest BCUT2D eigenvalue weighted by Gasteiger charge is 2.32. The van der Waals surface area contributed by atoms with E-state index in [9.17, 15) is 9.59 Å². The molecule has 1 heterocycles. The van der Waals surface area contributed by atoms with Gasteiger partial charge in [0.05, 0.1) is 13.7 Å². The second kappa shape index (κ2) is 7.62. The summed E-state index contributed by atoms with van der Waals surface area (Å²) in [4.78, 5) is 28.1. The standard InChI is InChI=1S/C15H28N2O3/c1-11(2)17(12(3)4)14(18)10-16-9-7-6-8-13(16)15(19)20-5/h11-13H,6-10H2,1-5H3. The Hall–Kier alpha value is -1.10. The molecule has 5 heteroatoms. The lowest BCUT2D eigenvalue weighted by Gasteiger charge is -2.37. The third-order valence-corrected chi connectivity index (χ3v) is 3.83. The first kappa shape index (κ1) is 17.0. The summed E-state index contributed by atoms with van der Waals surface area (Å²) in [6.07, 6.45) is 2.83. The number of piperidine rings is 1. The molecule has 0 aliphatic carbocycles. The number of amides is 1. The van der Waals surface area contributed by atoms with Crippen LogP contribution in [-0.2, 0) is 14.3 Å². The molecular weight excluding hydrogens is 256 g/mol. The van der Waals surface area contributed by atoms with Crippen molar-refractivity contribution in [1.82, 2.24) is 9.80 Å². The fraction of sp³-hybridized carbons (Fsp3) is 0.867. The van der Waals surface area contributed by atoms with Gasteiger partial charge >= 0.3 is 5.97 Å². The van der Waals surface area contributed by atoms with Crippen LogP contribution in [-0.4, -0.2) is 60.0 Å². The van der Waals surface area contributed by atoms with Gasteiger partial charge in [-0.3, -0.25) is 14.5 Å². The Kier molecular flexibility index (Phi) is 6.46. The Morgan fingerprint density at radius 2 is 1.80 bits per heavy atom. The van der Waals surface area contributed by atoms with E-state index in [1.165, 1.54) is 7.11 Å². The minimum absolute atomic E-state index is 0.0887. The Bertz CT molecular complexity index is 334. The summed E-state index contributed by atoms with van der Waals surface area (Å²) in [6, 6.07) is 0.0756. The average Bonchev–Trinajstić information content (AvgIpc) is 2.37. The minimum atomic E-state index is -0.265. The number of ether oxygens (including phenoxy) is 1. The van der Waals surface area contributed by atoms with E-state index in [4.69, 9.17) is 4.74 Å². The lowest BCUT2D eigenvalue weighted by molar-refractivity contribution is -0.150. The van der Waals surface area contributed by atoms with E-state index >= 15 is 0 Å². The Morgan fingerprint density at radius 3 is 2.30 bits per heavy atom. The second-order valence-electron chi connectivity index (χ2n) is 5.99. The SMILES string of the molecule is COC(=O)C1CCCCN1CC(=O)N(C(C)C)C(C)C. The lowest BCUT2D eigenvalue weighted by Crippen LogP contribution is -2.52. The molecule has 0 aromatic heterocycles. The highest BCUT2D eigenvalue weighted by atomic mass is 16.5. The number of hydrogen-bond acceptors (Lipinski definition) is 4. The fourth-order valence-electron chi connectivity index (χ4n) is 3.01. The van der Waals surface area contributed by atoms with Crippen molar-refractivity contribution >= 4 is 11.9 Å². The molecule has 0 bridgehead atoms. The first-order valence-electron chi connectivity index (χ1n) is 7.51. The van der Waals surface area contributed by atoms with Gasteiger partial charge in [-0.15, -0.1) is 0 Å². The second-order valence-corrected chi connectivity index (χ2v) is 5.99. The maximum Gasteiger partial charge on any atom is 0.323 e. The van der Waals surface area contributed by atoms with Crippen LogP contribution in [0.25, 0.3) is 0 Å². The van der Waals surface area contributed by atoms with E-state index in [0.717, 1.165) is 25.8 Å². The number of likely N-dealkylation sites (tertiary alicyclic amines) is 1. The van der Waals surface area contributed by atoms with Crippen LogP contribution in [0.2, 0.25) is 0 Å². The molecule has 0 radical (unpaired) electrons. The van der Waals surface area contributed by atoms with Crippen molar-refractivity contribution in [3.8, 4) is 0 Å². The zero-order chi connectivity index (χ0) is 15.3. The maximum atomic E-state index is 12.5. The molecule has 0 aromatic carbocycles. The normalized spacial score (nSPS) is 20.2. The van der Waals surface area contributed by atoms with Crippen molar-refractivity contribution in [3.63, 3.8) is 0 Å². The predicted octanol–water partition coefficient (Wildman–Crippen LogP) is 1.66. The zero-order valence-electron chi connectivity index (χ0n) is 13.4. The summed E-state index contributed by atoms with van der Waals surface area (Å²) in [5.74, 6) is -0.135. The molecule has 1 saturated heterocycles. The Labute approximate surface area is 122 Å². The van der Waals surface area contributed by atoms with E-state index in [1.807, 2.05) is 37.5 Å². The van der Waals surface area contributed by atoms with Crippen LogP contribution in [0, 0.1) is 0 Å². The summed E-state index contributed by atoms with van der Waals surface area (Å²) in [7, 11) is 1.41. The van der Waals surface area contributed by atoms with Crippen molar-refractivity contribution in [2.45, 2.75) is 65.1 Å². The van der Waals surface area contributed by atoms with Gasteiger partial charge < -0.3 is 9.64 Å². The molecule has 116 valence electrons. The van der Waals surface area contributed by atoms with E-state index in [2.05, 4.69) is 0 Å². The number of esters is 1. The summed E-state index contributed by atoms with van der Waals surface area (Å²) >= 11 is 0. The number of hydrogen-bond donors (Lipinski definition) is 0. The third kappa shape index (κ3) is 4.20. The summed E-state index contributed by atoms with van der Waals surface area (Å²) in [5, 5.41) is 0.